The molecule has 0 heterocycles. The average Bonchev–Trinajstić information content (AvgIpc) is 2.53. The highest BCUT2D eigenvalue weighted by atomic mass is 28.4. The molecule has 0 radical (unpaired) electrons. The molecule has 1 unspecified atom stereocenters. The molecule has 0 aromatic rings. The molecule has 1 aliphatic rings. The molecule has 0 N–H and O–H groups in total. The van der Waals surface area contributed by atoms with Crippen LogP contribution in [0.5, 0.6) is 0 Å². The van der Waals surface area contributed by atoms with Crippen LogP contribution in [-0.2, 0) is 18.4 Å². The zero-order valence-corrected chi connectivity index (χ0v) is 15.0. The maximum absolute atomic E-state index is 12.0. The lowest BCUT2D eigenvalue weighted by atomic mass is 9.90. The standard InChI is InChI=1S/C17H28O4Si/c1-6-14(4)22(20-15(18)7-2,21-16(19)8-3)17(5)12-10-9-11-13-17/h7-8,14H,2-3,6,9-13H2,1,4-5H3. The maximum Gasteiger partial charge on any atom is 0.473 e. The number of carbonyl (C=O) groups is 2. The quantitative estimate of drug-likeness (QED) is 0.514. The van der Waals surface area contributed by atoms with Crippen molar-refractivity contribution in [2.75, 3.05) is 0 Å². The molecule has 0 bridgehead atoms. The van der Waals surface area contributed by atoms with Crippen LogP contribution in [0, 0.1) is 0 Å². The van der Waals surface area contributed by atoms with Crippen LogP contribution < -0.4 is 0 Å². The second-order valence-corrected chi connectivity index (χ2v) is 10.3. The number of carbonyl (C=O) groups excluding carboxylic acids is 2. The lowest BCUT2D eigenvalue weighted by molar-refractivity contribution is -0.137. The van der Waals surface area contributed by atoms with Gasteiger partial charge in [-0.15, -0.1) is 0 Å². The molecule has 4 nitrogen and oxygen atoms in total. The van der Waals surface area contributed by atoms with Crippen molar-refractivity contribution in [3.63, 3.8) is 0 Å². The Hall–Kier alpha value is -1.36. The summed E-state index contributed by atoms with van der Waals surface area (Å²) in [6.45, 7) is 13.1. The fourth-order valence-corrected chi connectivity index (χ4v) is 7.87. The number of hydrogen-bond donors (Lipinski definition) is 0. The van der Waals surface area contributed by atoms with Crippen molar-refractivity contribution in [2.24, 2.45) is 0 Å². The van der Waals surface area contributed by atoms with Gasteiger partial charge in [0, 0.05) is 22.7 Å². The van der Waals surface area contributed by atoms with E-state index in [0.717, 1.165) is 44.3 Å². The van der Waals surface area contributed by atoms with Crippen LogP contribution in [0.2, 0.25) is 10.6 Å². The average molecular weight is 324 g/mol. The van der Waals surface area contributed by atoms with Gasteiger partial charge >= 0.3 is 20.5 Å². The molecule has 0 aromatic heterocycles. The molecular weight excluding hydrogens is 296 g/mol. The highest BCUT2D eigenvalue weighted by molar-refractivity contribution is 6.75. The maximum atomic E-state index is 12.0. The molecule has 124 valence electrons. The minimum absolute atomic E-state index is 0.0170. The lowest BCUT2D eigenvalue weighted by Gasteiger charge is -2.47. The van der Waals surface area contributed by atoms with Gasteiger partial charge in [-0.05, 0) is 19.3 Å². The monoisotopic (exact) mass is 324 g/mol. The summed E-state index contributed by atoms with van der Waals surface area (Å²) in [4.78, 5) is 24.0. The van der Waals surface area contributed by atoms with Gasteiger partial charge in [0.05, 0.1) is 0 Å². The van der Waals surface area contributed by atoms with Gasteiger partial charge in [0.25, 0.3) is 0 Å². The van der Waals surface area contributed by atoms with E-state index in [4.69, 9.17) is 8.85 Å². The van der Waals surface area contributed by atoms with E-state index in [9.17, 15) is 9.59 Å². The highest BCUT2D eigenvalue weighted by Gasteiger charge is 2.63. The molecule has 0 spiro atoms. The summed E-state index contributed by atoms with van der Waals surface area (Å²) in [6, 6.07) is 0. The molecular formula is C17H28O4Si. The van der Waals surface area contributed by atoms with E-state index in [1.807, 2.05) is 13.8 Å². The van der Waals surface area contributed by atoms with E-state index in [-0.39, 0.29) is 10.6 Å². The minimum Gasteiger partial charge on any atom is -0.481 e. The van der Waals surface area contributed by atoms with E-state index in [1.165, 1.54) is 6.42 Å². The van der Waals surface area contributed by atoms with Crippen LogP contribution >= 0.6 is 0 Å². The molecule has 0 saturated heterocycles. The molecule has 1 atom stereocenters. The van der Waals surface area contributed by atoms with Gasteiger partial charge in [-0.25, -0.2) is 9.59 Å². The third-order valence-corrected chi connectivity index (χ3v) is 9.79. The Bertz CT molecular complexity index is 416. The van der Waals surface area contributed by atoms with Gasteiger partial charge in [-0.3, -0.25) is 0 Å². The van der Waals surface area contributed by atoms with Gasteiger partial charge in [0.15, 0.2) is 0 Å². The summed E-state index contributed by atoms with van der Waals surface area (Å²) in [6.07, 6.45) is 8.23. The predicted octanol–water partition coefficient (Wildman–Crippen LogP) is 4.41. The first-order valence-corrected chi connectivity index (χ1v) is 9.95. The summed E-state index contributed by atoms with van der Waals surface area (Å²) in [5.41, 5.74) is 0.0170. The minimum atomic E-state index is -3.13. The Morgan fingerprint density at radius 2 is 1.59 bits per heavy atom. The van der Waals surface area contributed by atoms with Crippen LogP contribution in [0.1, 0.15) is 59.3 Å². The van der Waals surface area contributed by atoms with Crippen molar-refractivity contribution in [1.82, 2.24) is 0 Å². The van der Waals surface area contributed by atoms with Gasteiger partial charge in [0.1, 0.15) is 0 Å². The van der Waals surface area contributed by atoms with Crippen molar-refractivity contribution in [3.05, 3.63) is 25.3 Å². The zero-order valence-electron chi connectivity index (χ0n) is 14.0. The van der Waals surface area contributed by atoms with E-state index in [0.29, 0.717) is 0 Å². The zero-order chi connectivity index (χ0) is 16.8. The van der Waals surface area contributed by atoms with E-state index in [2.05, 4.69) is 20.1 Å². The largest absolute Gasteiger partial charge is 0.481 e. The molecule has 1 rings (SSSR count). The Kier molecular flexibility index (Phi) is 6.60. The normalized spacial score (nSPS) is 18.9. The Balaban J connectivity index is 3.33. The fourth-order valence-electron chi connectivity index (χ4n) is 3.39. The summed E-state index contributed by atoms with van der Waals surface area (Å²) in [5.74, 6) is -1.01. The summed E-state index contributed by atoms with van der Waals surface area (Å²) < 4.78 is 11.7. The number of rotatable bonds is 7. The van der Waals surface area contributed by atoms with Gasteiger partial charge in [0.2, 0.25) is 0 Å². The predicted molar refractivity (Wildman–Crippen MR) is 89.5 cm³/mol. The van der Waals surface area contributed by atoms with Gasteiger partial charge in [-0.2, -0.15) is 0 Å². The molecule has 0 aromatic carbocycles. The third-order valence-electron chi connectivity index (χ3n) is 4.90. The summed E-state index contributed by atoms with van der Waals surface area (Å²) in [7, 11) is -3.13. The Labute approximate surface area is 134 Å². The Morgan fingerprint density at radius 1 is 1.14 bits per heavy atom. The second-order valence-electron chi connectivity index (χ2n) is 6.35. The van der Waals surface area contributed by atoms with Crippen molar-refractivity contribution in [1.29, 1.82) is 0 Å². The van der Waals surface area contributed by atoms with Crippen molar-refractivity contribution in [3.8, 4) is 0 Å². The molecule has 1 saturated carbocycles. The first-order chi connectivity index (χ1) is 10.3. The summed E-state index contributed by atoms with van der Waals surface area (Å²) in [5, 5.41) is -0.266. The molecule has 22 heavy (non-hydrogen) atoms. The lowest BCUT2D eigenvalue weighted by Crippen LogP contribution is -2.58. The Morgan fingerprint density at radius 3 is 1.95 bits per heavy atom. The van der Waals surface area contributed by atoms with Crippen molar-refractivity contribution >= 4 is 20.5 Å². The van der Waals surface area contributed by atoms with Crippen LogP contribution in [0.4, 0.5) is 0 Å². The molecule has 1 aliphatic carbocycles. The van der Waals surface area contributed by atoms with E-state index < -0.39 is 20.5 Å². The van der Waals surface area contributed by atoms with Gasteiger partial charge in [-0.1, -0.05) is 53.2 Å². The molecule has 0 amide bonds. The molecule has 5 heteroatoms. The fraction of sp³-hybridized carbons (Fsp3) is 0.647. The van der Waals surface area contributed by atoms with Gasteiger partial charge < -0.3 is 8.85 Å². The van der Waals surface area contributed by atoms with Crippen LogP contribution in [0.3, 0.4) is 0 Å². The smallest absolute Gasteiger partial charge is 0.473 e. The SMILES string of the molecule is C=CC(=O)O[Si](OC(=O)C=C)(C(C)CC)C1(C)CCCCC1. The van der Waals surface area contributed by atoms with Crippen molar-refractivity contribution in [2.45, 2.75) is 69.9 Å². The summed E-state index contributed by atoms with van der Waals surface area (Å²) >= 11 is 0. The van der Waals surface area contributed by atoms with Crippen LogP contribution in [-0.4, -0.2) is 20.5 Å². The van der Waals surface area contributed by atoms with Crippen molar-refractivity contribution < 1.29 is 18.4 Å². The molecule has 0 aliphatic heterocycles. The molecule has 1 fully saturated rings. The topological polar surface area (TPSA) is 52.6 Å². The van der Waals surface area contributed by atoms with Crippen LogP contribution in [0.25, 0.3) is 0 Å². The van der Waals surface area contributed by atoms with E-state index >= 15 is 0 Å². The van der Waals surface area contributed by atoms with Crippen LogP contribution in [0.15, 0.2) is 25.3 Å². The highest BCUT2D eigenvalue weighted by Crippen LogP contribution is 2.55. The number of hydrogen-bond acceptors (Lipinski definition) is 4. The second kappa shape index (κ2) is 7.77. The first kappa shape index (κ1) is 18.7. The third kappa shape index (κ3) is 3.69. The first-order valence-electron chi connectivity index (χ1n) is 8.06. The van der Waals surface area contributed by atoms with E-state index in [1.54, 1.807) is 0 Å².